The monoisotopic (exact) mass is 391 g/mol. The van der Waals surface area contributed by atoms with Gasteiger partial charge in [-0.15, -0.1) is 0 Å². The number of nitrogens with one attached hydrogen (secondary N) is 1. The van der Waals surface area contributed by atoms with Gasteiger partial charge in [0.15, 0.2) is 0 Å². The van der Waals surface area contributed by atoms with Gasteiger partial charge in [-0.2, -0.15) is 0 Å². The van der Waals surface area contributed by atoms with Gasteiger partial charge in [0, 0.05) is 23.2 Å². The van der Waals surface area contributed by atoms with E-state index in [1.54, 1.807) is 39.0 Å². The molecule has 8 heteroatoms. The molecule has 1 saturated heterocycles. The molecule has 3 rings (SSSR count). The Morgan fingerprint density at radius 3 is 2.67 bits per heavy atom. The zero-order valence-corrected chi connectivity index (χ0v) is 16.2. The van der Waals surface area contributed by atoms with Crippen LogP contribution in [0.3, 0.4) is 0 Å². The number of carbonyl (C=O) groups is 2. The van der Waals surface area contributed by atoms with Crippen molar-refractivity contribution in [3.8, 4) is 11.3 Å². The summed E-state index contributed by atoms with van der Waals surface area (Å²) < 4.78 is 10.6. The van der Waals surface area contributed by atoms with E-state index < -0.39 is 17.7 Å². The molecule has 1 fully saturated rings. The predicted molar refractivity (Wildman–Crippen MR) is 102 cm³/mol. The number of likely N-dealkylation sites (tertiary alicyclic amines) is 1. The van der Waals surface area contributed by atoms with E-state index in [1.807, 2.05) is 12.1 Å². The van der Waals surface area contributed by atoms with Crippen LogP contribution in [0.4, 0.5) is 10.7 Å². The van der Waals surface area contributed by atoms with Gasteiger partial charge in [0.25, 0.3) is 0 Å². The van der Waals surface area contributed by atoms with E-state index in [2.05, 4.69) is 10.5 Å². The molecule has 7 nitrogen and oxygen atoms in total. The minimum Gasteiger partial charge on any atom is -0.444 e. The summed E-state index contributed by atoms with van der Waals surface area (Å²) >= 11 is 5.88. The predicted octanol–water partition coefficient (Wildman–Crippen LogP) is 4.33. The molecule has 144 valence electrons. The molecule has 1 aromatic carbocycles. The van der Waals surface area contributed by atoms with Gasteiger partial charge in [-0.1, -0.05) is 28.9 Å². The highest BCUT2D eigenvalue weighted by Gasteiger charge is 2.37. The number of halogens is 1. The third-order valence-electron chi connectivity index (χ3n) is 4.08. The Morgan fingerprint density at radius 2 is 2.00 bits per heavy atom. The van der Waals surface area contributed by atoms with E-state index in [9.17, 15) is 9.59 Å². The van der Waals surface area contributed by atoms with Gasteiger partial charge in [0.1, 0.15) is 17.3 Å². The number of carbonyl (C=O) groups excluding carboxylic acids is 2. The maximum Gasteiger partial charge on any atom is 0.410 e. The second-order valence-corrected chi connectivity index (χ2v) is 7.84. The molecule has 0 bridgehead atoms. The number of nitrogens with zero attached hydrogens (tertiary/aromatic N) is 2. The van der Waals surface area contributed by atoms with E-state index in [1.165, 1.54) is 4.90 Å². The van der Waals surface area contributed by atoms with Gasteiger partial charge in [-0.25, -0.2) is 4.79 Å². The molecule has 1 N–H and O–H groups in total. The Bertz CT molecular complexity index is 826. The molecule has 0 spiro atoms. The third-order valence-corrected chi connectivity index (χ3v) is 4.33. The minimum absolute atomic E-state index is 0.223. The average molecular weight is 392 g/mol. The van der Waals surface area contributed by atoms with E-state index in [0.29, 0.717) is 23.7 Å². The number of ether oxygens (including phenoxy) is 1. The first kappa shape index (κ1) is 19.2. The zero-order chi connectivity index (χ0) is 19.6. The number of benzene rings is 1. The highest BCUT2D eigenvalue weighted by molar-refractivity contribution is 6.30. The van der Waals surface area contributed by atoms with E-state index >= 15 is 0 Å². The summed E-state index contributed by atoms with van der Waals surface area (Å²) in [6, 6.07) is 8.17. The summed E-state index contributed by atoms with van der Waals surface area (Å²) in [6.45, 7) is 5.87. The SMILES string of the molecule is CC(C)(C)OC(=O)N1CCCC1C(=O)Nc1cc(-c2ccc(Cl)cc2)no1. The maximum atomic E-state index is 12.6. The number of hydrogen-bond donors (Lipinski definition) is 1. The van der Waals surface area contributed by atoms with Crippen LogP contribution in [0.5, 0.6) is 0 Å². The Balaban J connectivity index is 1.66. The summed E-state index contributed by atoms with van der Waals surface area (Å²) in [5.41, 5.74) is 0.788. The van der Waals surface area contributed by atoms with Crippen molar-refractivity contribution in [1.82, 2.24) is 10.1 Å². The fraction of sp³-hybridized carbons (Fsp3) is 0.421. The van der Waals surface area contributed by atoms with Crippen LogP contribution >= 0.6 is 11.6 Å². The molecule has 0 aliphatic carbocycles. The molecule has 0 radical (unpaired) electrons. The van der Waals surface area contributed by atoms with Gasteiger partial charge < -0.3 is 9.26 Å². The van der Waals surface area contributed by atoms with Crippen LogP contribution in [0.25, 0.3) is 11.3 Å². The minimum atomic E-state index is -0.612. The topological polar surface area (TPSA) is 84.7 Å². The van der Waals surface area contributed by atoms with Crippen molar-refractivity contribution in [1.29, 1.82) is 0 Å². The number of aromatic nitrogens is 1. The summed E-state index contributed by atoms with van der Waals surface area (Å²) in [7, 11) is 0. The molecular weight excluding hydrogens is 370 g/mol. The quantitative estimate of drug-likeness (QED) is 0.841. The molecule has 2 aromatic rings. The molecule has 1 aromatic heterocycles. The molecule has 2 heterocycles. The highest BCUT2D eigenvalue weighted by atomic mass is 35.5. The van der Waals surface area contributed by atoms with Gasteiger partial charge in [0.05, 0.1) is 0 Å². The highest BCUT2D eigenvalue weighted by Crippen LogP contribution is 2.25. The first-order valence-electron chi connectivity index (χ1n) is 8.76. The van der Waals surface area contributed by atoms with Crippen LogP contribution in [0.2, 0.25) is 5.02 Å². The van der Waals surface area contributed by atoms with Crippen molar-refractivity contribution in [3.05, 3.63) is 35.4 Å². The fourth-order valence-electron chi connectivity index (χ4n) is 2.87. The molecule has 2 amide bonds. The fourth-order valence-corrected chi connectivity index (χ4v) is 3.00. The third kappa shape index (κ3) is 4.80. The standard InChI is InChI=1S/C19H22ClN3O4/c1-19(2,3)26-18(25)23-10-4-5-15(23)17(24)21-16-11-14(22-27-16)12-6-8-13(20)9-7-12/h6-9,11,15H,4-5,10H2,1-3H3,(H,21,24). The lowest BCUT2D eigenvalue weighted by molar-refractivity contribution is -0.120. The first-order chi connectivity index (χ1) is 12.7. The number of amides is 2. The lowest BCUT2D eigenvalue weighted by Crippen LogP contribution is -2.45. The molecule has 1 aliphatic heterocycles. The lowest BCUT2D eigenvalue weighted by Gasteiger charge is -2.27. The van der Waals surface area contributed by atoms with Crippen molar-refractivity contribution >= 4 is 29.5 Å². The summed E-state index contributed by atoms with van der Waals surface area (Å²) in [5.74, 6) is -0.0989. The van der Waals surface area contributed by atoms with Crippen LogP contribution in [-0.4, -0.2) is 40.2 Å². The second-order valence-electron chi connectivity index (χ2n) is 7.40. The molecular formula is C19H22ClN3O4. The van der Waals surface area contributed by atoms with Gasteiger partial charge in [-0.3, -0.25) is 15.0 Å². The van der Waals surface area contributed by atoms with Crippen molar-refractivity contribution in [2.24, 2.45) is 0 Å². The zero-order valence-electron chi connectivity index (χ0n) is 15.5. The second kappa shape index (κ2) is 7.60. The lowest BCUT2D eigenvalue weighted by atomic mass is 10.1. The number of hydrogen-bond acceptors (Lipinski definition) is 5. The van der Waals surface area contributed by atoms with Crippen LogP contribution in [-0.2, 0) is 9.53 Å². The largest absolute Gasteiger partial charge is 0.444 e. The van der Waals surface area contributed by atoms with E-state index in [-0.39, 0.29) is 11.8 Å². The summed E-state index contributed by atoms with van der Waals surface area (Å²) in [4.78, 5) is 26.4. The summed E-state index contributed by atoms with van der Waals surface area (Å²) in [6.07, 6.45) is 0.826. The molecule has 0 saturated carbocycles. The maximum absolute atomic E-state index is 12.6. The number of anilines is 1. The van der Waals surface area contributed by atoms with Gasteiger partial charge in [0.2, 0.25) is 11.8 Å². The van der Waals surface area contributed by atoms with Crippen LogP contribution in [0.1, 0.15) is 33.6 Å². The first-order valence-corrected chi connectivity index (χ1v) is 9.14. The average Bonchev–Trinajstić information content (AvgIpc) is 3.23. The van der Waals surface area contributed by atoms with E-state index in [0.717, 1.165) is 12.0 Å². The van der Waals surface area contributed by atoms with Gasteiger partial charge in [-0.05, 0) is 45.7 Å². The van der Waals surface area contributed by atoms with Crippen molar-refractivity contribution in [2.45, 2.75) is 45.3 Å². The Labute approximate surface area is 162 Å². The molecule has 1 aliphatic rings. The van der Waals surface area contributed by atoms with Crippen LogP contribution in [0, 0.1) is 0 Å². The van der Waals surface area contributed by atoms with Crippen molar-refractivity contribution < 1.29 is 18.8 Å². The normalized spacial score (nSPS) is 17.0. The summed E-state index contributed by atoms with van der Waals surface area (Å²) in [5, 5.41) is 7.27. The van der Waals surface area contributed by atoms with Gasteiger partial charge >= 0.3 is 6.09 Å². The van der Waals surface area contributed by atoms with Crippen molar-refractivity contribution in [3.63, 3.8) is 0 Å². The smallest absolute Gasteiger partial charge is 0.410 e. The van der Waals surface area contributed by atoms with Crippen LogP contribution < -0.4 is 5.32 Å². The molecule has 27 heavy (non-hydrogen) atoms. The van der Waals surface area contributed by atoms with Crippen molar-refractivity contribution in [2.75, 3.05) is 11.9 Å². The number of rotatable bonds is 3. The Hall–Kier alpha value is -2.54. The van der Waals surface area contributed by atoms with Crippen LogP contribution in [0.15, 0.2) is 34.9 Å². The van der Waals surface area contributed by atoms with E-state index in [4.69, 9.17) is 20.9 Å². The molecule has 1 unspecified atom stereocenters. The molecule has 1 atom stereocenters. The Kier molecular flexibility index (Phi) is 5.41. The Morgan fingerprint density at radius 1 is 1.30 bits per heavy atom.